The van der Waals surface area contributed by atoms with Gasteiger partial charge in [-0.05, 0) is 19.8 Å². The Bertz CT molecular complexity index is 377. The van der Waals surface area contributed by atoms with Gasteiger partial charge in [-0.15, -0.1) is 0 Å². The summed E-state index contributed by atoms with van der Waals surface area (Å²) in [5.74, 6) is -1.10. The van der Waals surface area contributed by atoms with Crippen LogP contribution in [-0.4, -0.2) is 30.6 Å². The zero-order chi connectivity index (χ0) is 11.6. The Morgan fingerprint density at radius 1 is 1.38 bits per heavy atom. The van der Waals surface area contributed by atoms with Crippen LogP contribution in [0.1, 0.15) is 32.6 Å². The first-order chi connectivity index (χ1) is 7.53. The molecule has 0 aromatic heterocycles. The van der Waals surface area contributed by atoms with Crippen LogP contribution in [0.15, 0.2) is 0 Å². The van der Waals surface area contributed by atoms with Crippen molar-refractivity contribution in [3.8, 4) is 0 Å². The van der Waals surface area contributed by atoms with Crippen LogP contribution in [0.2, 0.25) is 0 Å². The Balaban J connectivity index is 2.15. The number of ether oxygens (including phenoxy) is 2. The minimum absolute atomic E-state index is 0.0531. The average molecular weight is 224 g/mol. The first kappa shape index (κ1) is 10.4. The summed E-state index contributed by atoms with van der Waals surface area (Å²) in [5.41, 5.74) is -0.626. The zero-order valence-corrected chi connectivity index (χ0v) is 9.62. The third-order valence-electron chi connectivity index (χ3n) is 4.66. The number of hydrogen-bond acceptors (Lipinski definition) is 4. The van der Waals surface area contributed by atoms with Gasteiger partial charge in [-0.2, -0.15) is 0 Å². The third kappa shape index (κ3) is 0.931. The van der Waals surface area contributed by atoms with Crippen LogP contribution < -0.4 is 0 Å². The standard InChI is InChI=1S/C12H16O4/c1-11-4-3-7-5-9(13)8(6-10(11)14)12(11,15-2)16-7/h7-8H,3-6H2,1-2H3/t7-,8+,11+,12-/m0/s1. The summed E-state index contributed by atoms with van der Waals surface area (Å²) in [4.78, 5) is 24.1. The maximum atomic E-state index is 12.1. The topological polar surface area (TPSA) is 52.6 Å². The van der Waals surface area contributed by atoms with Crippen LogP contribution in [0.5, 0.6) is 0 Å². The molecule has 3 fully saturated rings. The molecule has 4 heteroatoms. The third-order valence-corrected chi connectivity index (χ3v) is 4.66. The molecule has 88 valence electrons. The van der Waals surface area contributed by atoms with E-state index < -0.39 is 11.2 Å². The number of fused-ring (bicyclic) bond motifs is 1. The molecule has 2 heterocycles. The molecule has 0 N–H and O–H groups in total. The van der Waals surface area contributed by atoms with Gasteiger partial charge in [-0.1, -0.05) is 0 Å². The van der Waals surface area contributed by atoms with Crippen LogP contribution in [0.3, 0.4) is 0 Å². The molecule has 0 radical (unpaired) electrons. The van der Waals surface area contributed by atoms with E-state index in [-0.39, 0.29) is 30.0 Å². The predicted molar refractivity (Wildman–Crippen MR) is 54.7 cm³/mol. The van der Waals surface area contributed by atoms with E-state index >= 15 is 0 Å². The van der Waals surface area contributed by atoms with Crippen molar-refractivity contribution in [1.29, 1.82) is 0 Å². The SMILES string of the molecule is CO[C@@]12O[C@H]3CC[C@]1(C)C(=O)C[C@@H]2C(=O)C3. The minimum Gasteiger partial charge on any atom is -0.351 e. The van der Waals surface area contributed by atoms with Crippen LogP contribution in [0.4, 0.5) is 0 Å². The summed E-state index contributed by atoms with van der Waals surface area (Å²) in [5, 5.41) is 0. The molecule has 3 aliphatic rings. The number of carbonyl (C=O) groups is 2. The fraction of sp³-hybridized carbons (Fsp3) is 0.833. The predicted octanol–water partition coefficient (Wildman–Crippen LogP) is 1.08. The molecule has 0 aromatic rings. The van der Waals surface area contributed by atoms with Crippen molar-refractivity contribution < 1.29 is 19.1 Å². The van der Waals surface area contributed by atoms with Crippen molar-refractivity contribution in [3.63, 3.8) is 0 Å². The van der Waals surface area contributed by atoms with E-state index in [4.69, 9.17) is 9.47 Å². The normalized spacial score (nSPS) is 50.9. The van der Waals surface area contributed by atoms with Crippen molar-refractivity contribution in [2.24, 2.45) is 11.3 Å². The van der Waals surface area contributed by atoms with Crippen molar-refractivity contribution in [2.45, 2.75) is 44.5 Å². The minimum atomic E-state index is -0.970. The molecule has 1 saturated carbocycles. The molecule has 2 aliphatic heterocycles. The first-order valence-corrected chi connectivity index (χ1v) is 5.82. The fourth-order valence-corrected chi connectivity index (χ4v) is 3.66. The van der Waals surface area contributed by atoms with Crippen LogP contribution >= 0.6 is 0 Å². The second kappa shape index (κ2) is 2.93. The van der Waals surface area contributed by atoms with Crippen LogP contribution in [-0.2, 0) is 19.1 Å². The summed E-state index contributed by atoms with van der Waals surface area (Å²) < 4.78 is 11.4. The maximum absolute atomic E-state index is 12.1. The van der Waals surface area contributed by atoms with E-state index in [1.165, 1.54) is 0 Å². The van der Waals surface area contributed by atoms with Crippen molar-refractivity contribution in [1.82, 2.24) is 0 Å². The highest BCUT2D eigenvalue weighted by atomic mass is 16.7. The molecular formula is C12H16O4. The molecule has 4 nitrogen and oxygen atoms in total. The van der Waals surface area contributed by atoms with Crippen LogP contribution in [0, 0.1) is 11.3 Å². The lowest BCUT2D eigenvalue weighted by molar-refractivity contribution is -0.332. The van der Waals surface area contributed by atoms with Gasteiger partial charge in [-0.25, -0.2) is 0 Å². The van der Waals surface area contributed by atoms with E-state index in [2.05, 4.69) is 0 Å². The summed E-state index contributed by atoms with van der Waals surface area (Å²) in [6, 6.07) is 0. The molecule has 0 unspecified atom stereocenters. The van der Waals surface area contributed by atoms with Crippen molar-refractivity contribution in [3.05, 3.63) is 0 Å². The van der Waals surface area contributed by atoms with Gasteiger partial charge < -0.3 is 9.47 Å². The Morgan fingerprint density at radius 3 is 2.81 bits per heavy atom. The summed E-state index contributed by atoms with van der Waals surface area (Å²) in [6.07, 6.45) is 2.23. The Hall–Kier alpha value is -0.740. The van der Waals surface area contributed by atoms with Gasteiger partial charge in [0.05, 0.1) is 17.4 Å². The highest BCUT2D eigenvalue weighted by molar-refractivity contribution is 5.97. The Labute approximate surface area is 94.3 Å². The largest absolute Gasteiger partial charge is 0.351 e. The monoisotopic (exact) mass is 224 g/mol. The van der Waals surface area contributed by atoms with Gasteiger partial charge in [0.25, 0.3) is 0 Å². The molecule has 0 amide bonds. The average Bonchev–Trinajstić information content (AvgIpc) is 2.52. The van der Waals surface area contributed by atoms with E-state index in [0.717, 1.165) is 12.8 Å². The first-order valence-electron chi connectivity index (χ1n) is 5.82. The number of ketones is 2. The number of Topliss-reactive ketones (excluding diaryl/α,β-unsaturated/α-hetero) is 2. The Kier molecular flexibility index (Phi) is 1.91. The molecule has 0 aromatic carbocycles. The van der Waals surface area contributed by atoms with Crippen molar-refractivity contribution >= 4 is 11.6 Å². The summed E-state index contributed by atoms with van der Waals surface area (Å²) in [7, 11) is 1.55. The molecule has 16 heavy (non-hydrogen) atoms. The number of hydrogen-bond donors (Lipinski definition) is 0. The van der Waals surface area contributed by atoms with E-state index in [9.17, 15) is 9.59 Å². The molecular weight excluding hydrogens is 208 g/mol. The number of rotatable bonds is 1. The van der Waals surface area contributed by atoms with E-state index in [1.807, 2.05) is 6.92 Å². The van der Waals surface area contributed by atoms with Crippen LogP contribution in [0.25, 0.3) is 0 Å². The molecule has 4 atom stereocenters. The quantitative estimate of drug-likeness (QED) is 0.668. The zero-order valence-electron chi connectivity index (χ0n) is 9.62. The molecule has 0 spiro atoms. The summed E-state index contributed by atoms with van der Waals surface area (Å²) in [6.45, 7) is 1.88. The molecule has 2 bridgehead atoms. The van der Waals surface area contributed by atoms with Gasteiger partial charge in [0, 0.05) is 20.0 Å². The lowest BCUT2D eigenvalue weighted by atomic mass is 9.70. The van der Waals surface area contributed by atoms with Gasteiger partial charge in [0.2, 0.25) is 0 Å². The molecule has 2 saturated heterocycles. The van der Waals surface area contributed by atoms with Gasteiger partial charge >= 0.3 is 0 Å². The maximum Gasteiger partial charge on any atom is 0.190 e. The lowest BCUT2D eigenvalue weighted by Gasteiger charge is -2.52. The van der Waals surface area contributed by atoms with Gasteiger partial charge in [0.15, 0.2) is 5.79 Å². The lowest BCUT2D eigenvalue weighted by Crippen LogP contribution is -2.62. The fourth-order valence-electron chi connectivity index (χ4n) is 3.66. The summed E-state index contributed by atoms with van der Waals surface area (Å²) >= 11 is 0. The highest BCUT2D eigenvalue weighted by Gasteiger charge is 2.70. The number of methoxy groups -OCH3 is 1. The highest BCUT2D eigenvalue weighted by Crippen LogP contribution is 2.59. The second-order valence-corrected chi connectivity index (χ2v) is 5.33. The van der Waals surface area contributed by atoms with E-state index in [1.54, 1.807) is 7.11 Å². The van der Waals surface area contributed by atoms with Gasteiger partial charge in [0.1, 0.15) is 11.6 Å². The second-order valence-electron chi connectivity index (χ2n) is 5.33. The molecule has 3 rings (SSSR count). The van der Waals surface area contributed by atoms with Gasteiger partial charge in [-0.3, -0.25) is 9.59 Å². The van der Waals surface area contributed by atoms with E-state index in [0.29, 0.717) is 6.42 Å². The van der Waals surface area contributed by atoms with Crippen molar-refractivity contribution in [2.75, 3.05) is 7.11 Å². The Morgan fingerprint density at radius 2 is 2.12 bits per heavy atom. The smallest absolute Gasteiger partial charge is 0.190 e. The molecule has 1 aliphatic carbocycles. The number of carbonyl (C=O) groups excluding carboxylic acids is 2.